The normalized spacial score (nSPS) is 37.3. The summed E-state index contributed by atoms with van der Waals surface area (Å²) in [7, 11) is 0. The third-order valence-electron chi connectivity index (χ3n) is 9.38. The summed E-state index contributed by atoms with van der Waals surface area (Å²) in [6.45, 7) is -0.0204. The minimum absolute atomic E-state index is 0.122. The van der Waals surface area contributed by atoms with E-state index in [9.17, 15) is 71.2 Å². The number of aliphatic hydroxyl groups excluding tert-OH is 10. The number of fused-ring (bicyclic) bond motifs is 1. The molecule has 6 rings (SSSR count). The van der Waals surface area contributed by atoms with Crippen LogP contribution in [-0.4, -0.2) is 172 Å². The van der Waals surface area contributed by atoms with Gasteiger partial charge in [0.25, 0.3) is 0 Å². The second-order valence-electron chi connectivity index (χ2n) is 13.1. The fourth-order valence-electron chi connectivity index (χ4n) is 6.19. The molecule has 0 saturated carbocycles. The fourth-order valence-corrected chi connectivity index (χ4v) is 6.19. The van der Waals surface area contributed by atoms with Gasteiger partial charge < -0.3 is 99.2 Å². The number of aliphatic hydroxyl groups is 10. The van der Waals surface area contributed by atoms with Gasteiger partial charge in [-0.25, -0.2) is 0 Å². The van der Waals surface area contributed by atoms with Crippen LogP contribution in [0.4, 0.5) is 0 Å². The minimum atomic E-state index is -2.05. The lowest BCUT2D eigenvalue weighted by atomic mass is 9.98. The fraction of sp³-hybridized carbons (Fsp3) is 0.545. The number of aromatic hydroxyl groups is 3. The smallest absolute Gasteiger partial charge is 0.239 e. The number of rotatable bonds is 9. The zero-order chi connectivity index (χ0) is 39.3. The van der Waals surface area contributed by atoms with Crippen LogP contribution < -0.4 is 14.9 Å². The van der Waals surface area contributed by atoms with Crippen LogP contribution in [0.25, 0.3) is 22.3 Å². The van der Waals surface area contributed by atoms with E-state index in [2.05, 4.69) is 0 Å². The molecular weight excluding hydrogens is 732 g/mol. The molecule has 21 heteroatoms. The number of hydrogen-bond acceptors (Lipinski definition) is 21. The van der Waals surface area contributed by atoms with Crippen LogP contribution >= 0.6 is 0 Å². The number of phenolic OH excluding ortho intramolecular Hbond substituents is 3. The Labute approximate surface area is 303 Å². The highest BCUT2D eigenvalue weighted by atomic mass is 16.7. The Hall–Kier alpha value is -3.91. The maximum absolute atomic E-state index is 14.1. The van der Waals surface area contributed by atoms with E-state index < -0.39 is 150 Å². The number of phenols is 3. The molecule has 0 amide bonds. The van der Waals surface area contributed by atoms with Crippen LogP contribution in [0.1, 0.15) is 6.92 Å². The first kappa shape index (κ1) is 39.8. The van der Waals surface area contributed by atoms with Gasteiger partial charge in [0.1, 0.15) is 89.6 Å². The van der Waals surface area contributed by atoms with Crippen molar-refractivity contribution in [3.63, 3.8) is 0 Å². The van der Waals surface area contributed by atoms with Crippen LogP contribution in [0.15, 0.2) is 39.5 Å². The number of benzene rings is 2. The van der Waals surface area contributed by atoms with Crippen molar-refractivity contribution < 1.29 is 99.2 Å². The highest BCUT2D eigenvalue weighted by Gasteiger charge is 2.48. The zero-order valence-corrected chi connectivity index (χ0v) is 28.0. The summed E-state index contributed by atoms with van der Waals surface area (Å²) in [6, 6.07) is 5.15. The van der Waals surface area contributed by atoms with Crippen LogP contribution in [-0.2, 0) is 18.9 Å². The second kappa shape index (κ2) is 15.7. The molecule has 15 atom stereocenters. The third-order valence-corrected chi connectivity index (χ3v) is 9.38. The summed E-state index contributed by atoms with van der Waals surface area (Å²) in [6.07, 6.45) is -25.1. The lowest BCUT2D eigenvalue weighted by molar-refractivity contribution is -0.318. The van der Waals surface area contributed by atoms with E-state index in [0.29, 0.717) is 0 Å². The molecule has 13 N–H and O–H groups in total. The monoisotopic (exact) mass is 772 g/mol. The summed E-state index contributed by atoms with van der Waals surface area (Å²) in [4.78, 5) is 14.1. The predicted octanol–water partition coefficient (Wildman–Crippen LogP) is -4.21. The summed E-state index contributed by atoms with van der Waals surface area (Å²) >= 11 is 0. The van der Waals surface area contributed by atoms with Crippen molar-refractivity contribution in [1.29, 1.82) is 0 Å². The molecule has 0 spiro atoms. The zero-order valence-electron chi connectivity index (χ0n) is 28.0. The summed E-state index contributed by atoms with van der Waals surface area (Å²) in [5, 5.41) is 133. The van der Waals surface area contributed by atoms with Gasteiger partial charge in [0.05, 0.1) is 19.3 Å². The molecule has 3 saturated heterocycles. The van der Waals surface area contributed by atoms with Crippen LogP contribution in [0.5, 0.6) is 28.7 Å². The second-order valence-corrected chi connectivity index (χ2v) is 13.1. The molecule has 3 aliphatic rings. The molecule has 0 aliphatic carbocycles. The molecule has 3 aromatic rings. The molecule has 0 radical (unpaired) electrons. The average Bonchev–Trinajstić information content (AvgIpc) is 3.14. The SMILES string of the molecule is C[C@@H]1O[C@H](OC[C@H]2O[C@@H](Oc3c(-c4ccc(O)c(O)c4)oc4cc(O[C@@H]5O[C@H](CO)[C@@H](O)[C@H](O)[C@H]5O)cc(O)c4c3=O)[C@H](O)[C@@H](O)[C@@H]2O)[C@H](O)[C@H](O)[C@H]1O. The van der Waals surface area contributed by atoms with Gasteiger partial charge in [-0.15, -0.1) is 0 Å². The van der Waals surface area contributed by atoms with Crippen molar-refractivity contribution in [2.75, 3.05) is 13.2 Å². The first-order chi connectivity index (χ1) is 25.5. The summed E-state index contributed by atoms with van der Waals surface area (Å²) in [5.74, 6) is -3.63. The molecule has 54 heavy (non-hydrogen) atoms. The Morgan fingerprint density at radius 3 is 1.87 bits per heavy atom. The van der Waals surface area contributed by atoms with Gasteiger partial charge in [0.15, 0.2) is 23.5 Å². The van der Waals surface area contributed by atoms with Gasteiger partial charge in [0.2, 0.25) is 23.8 Å². The molecular formula is C33H40O21. The van der Waals surface area contributed by atoms with E-state index in [1.165, 1.54) is 13.0 Å². The van der Waals surface area contributed by atoms with E-state index in [0.717, 1.165) is 24.3 Å². The van der Waals surface area contributed by atoms with Crippen molar-refractivity contribution in [2.45, 2.75) is 99.0 Å². The molecule has 0 bridgehead atoms. The third kappa shape index (κ3) is 7.39. The Bertz CT molecular complexity index is 1850. The van der Waals surface area contributed by atoms with E-state index >= 15 is 0 Å². The van der Waals surface area contributed by atoms with Crippen LogP contribution in [0.3, 0.4) is 0 Å². The Morgan fingerprint density at radius 2 is 1.22 bits per heavy atom. The lowest BCUT2D eigenvalue weighted by Gasteiger charge is -2.42. The largest absolute Gasteiger partial charge is 0.507 e. The van der Waals surface area contributed by atoms with E-state index in [1.54, 1.807) is 0 Å². The predicted molar refractivity (Wildman–Crippen MR) is 173 cm³/mol. The molecule has 4 heterocycles. The van der Waals surface area contributed by atoms with E-state index in [4.69, 9.17) is 32.8 Å². The van der Waals surface area contributed by atoms with Gasteiger partial charge in [0, 0.05) is 17.7 Å². The molecule has 3 aliphatic heterocycles. The average molecular weight is 773 g/mol. The van der Waals surface area contributed by atoms with E-state index in [-0.39, 0.29) is 11.3 Å². The summed E-state index contributed by atoms with van der Waals surface area (Å²) in [5.41, 5.74) is -1.66. The van der Waals surface area contributed by atoms with Crippen LogP contribution in [0.2, 0.25) is 0 Å². The van der Waals surface area contributed by atoms with E-state index in [1.807, 2.05) is 0 Å². The van der Waals surface area contributed by atoms with Crippen LogP contribution in [0, 0.1) is 0 Å². The Kier molecular flexibility index (Phi) is 11.5. The minimum Gasteiger partial charge on any atom is -0.507 e. The first-order valence-electron chi connectivity index (χ1n) is 16.5. The van der Waals surface area contributed by atoms with Gasteiger partial charge in [-0.2, -0.15) is 0 Å². The van der Waals surface area contributed by atoms with Crippen molar-refractivity contribution in [2.24, 2.45) is 0 Å². The molecule has 21 nitrogen and oxygen atoms in total. The van der Waals surface area contributed by atoms with Crippen molar-refractivity contribution >= 4 is 11.0 Å². The quantitative estimate of drug-likeness (QED) is 0.0917. The molecule has 1 aromatic heterocycles. The van der Waals surface area contributed by atoms with Crippen molar-refractivity contribution in [3.05, 3.63) is 40.6 Å². The Balaban J connectivity index is 1.34. The van der Waals surface area contributed by atoms with Crippen molar-refractivity contribution in [3.8, 4) is 40.1 Å². The number of ether oxygens (including phenoxy) is 6. The molecule has 3 fully saturated rings. The van der Waals surface area contributed by atoms with Crippen molar-refractivity contribution in [1.82, 2.24) is 0 Å². The maximum atomic E-state index is 14.1. The highest BCUT2D eigenvalue weighted by molar-refractivity contribution is 5.88. The molecule has 0 unspecified atom stereocenters. The lowest BCUT2D eigenvalue weighted by Crippen LogP contribution is -2.61. The highest BCUT2D eigenvalue weighted by Crippen LogP contribution is 2.40. The first-order valence-corrected chi connectivity index (χ1v) is 16.5. The van der Waals surface area contributed by atoms with Gasteiger partial charge in [-0.05, 0) is 25.1 Å². The maximum Gasteiger partial charge on any atom is 0.239 e. The van der Waals surface area contributed by atoms with Gasteiger partial charge in [-0.3, -0.25) is 4.79 Å². The van der Waals surface area contributed by atoms with Gasteiger partial charge >= 0.3 is 0 Å². The topological polar surface area (TPSA) is 349 Å². The number of hydrogen-bond donors (Lipinski definition) is 13. The standard InChI is InChI=1S/C33H40O21/c1-9-19(38)23(42)26(45)31(49-9)48-8-17-21(40)25(44)28(47)33(53-17)54-30-22(41)18-14(37)5-11(50-32-27(46)24(43)20(39)16(7-34)52-32)6-15(18)51-29(30)10-2-3-12(35)13(36)4-10/h2-6,9,16-17,19-21,23-28,31-40,42-47H,7-8H2,1H3/t9-,16+,17+,19-,20+,21+,23+,24-,25-,26+,27+,28+,31-,32+,33-/m0/s1. The summed E-state index contributed by atoms with van der Waals surface area (Å²) < 4.78 is 39.1. The molecule has 2 aromatic carbocycles. The Morgan fingerprint density at radius 1 is 0.630 bits per heavy atom. The van der Waals surface area contributed by atoms with Gasteiger partial charge in [-0.1, -0.05) is 0 Å². The molecule has 298 valence electrons.